The lowest BCUT2D eigenvalue weighted by Crippen LogP contribution is -2.58. The Kier molecular flexibility index (Phi) is 8.32. The molecule has 0 radical (unpaired) electrons. The molecule has 1 aliphatic carbocycles. The molecule has 4 heterocycles. The maximum atomic E-state index is 16.9. The predicted molar refractivity (Wildman–Crippen MR) is 184 cm³/mol. The van der Waals surface area contributed by atoms with Crippen molar-refractivity contribution in [1.82, 2.24) is 20.2 Å². The Morgan fingerprint density at radius 2 is 1.94 bits per heavy atom. The number of anilines is 1. The van der Waals surface area contributed by atoms with Crippen molar-refractivity contribution in [2.24, 2.45) is 11.3 Å². The van der Waals surface area contributed by atoms with E-state index in [2.05, 4.69) is 27.1 Å². The van der Waals surface area contributed by atoms with E-state index in [1.54, 1.807) is 25.3 Å². The third-order valence-electron chi connectivity index (χ3n) is 11.3. The monoisotopic (exact) mass is 713 g/mol. The van der Waals surface area contributed by atoms with Gasteiger partial charge in [-0.1, -0.05) is 23.7 Å². The number of nitrogens with zero attached hydrogens (tertiary/aromatic N) is 4. The Morgan fingerprint density at radius 3 is 2.70 bits per heavy atom. The zero-order valence-corrected chi connectivity index (χ0v) is 28.8. The normalized spacial score (nSPS) is 27.5. The van der Waals surface area contributed by atoms with E-state index in [1.807, 2.05) is 4.90 Å². The van der Waals surface area contributed by atoms with Crippen molar-refractivity contribution in [2.75, 3.05) is 57.9 Å². The highest BCUT2D eigenvalue weighted by molar-refractivity contribution is 6.36. The van der Waals surface area contributed by atoms with Gasteiger partial charge in [0.05, 0.1) is 17.6 Å². The Labute approximate surface area is 292 Å². The van der Waals surface area contributed by atoms with Gasteiger partial charge >= 0.3 is 6.01 Å². The first-order chi connectivity index (χ1) is 23.9. The van der Waals surface area contributed by atoms with E-state index in [4.69, 9.17) is 21.1 Å². The molecule has 50 heavy (non-hydrogen) atoms. The molecular formula is C37H40ClF4N5O3. The zero-order chi connectivity index (χ0) is 35.0. The van der Waals surface area contributed by atoms with Gasteiger partial charge in [0.1, 0.15) is 29.5 Å². The second-order valence-corrected chi connectivity index (χ2v) is 15.4. The summed E-state index contributed by atoms with van der Waals surface area (Å²) in [5.41, 5.74) is -2.19. The SMILES string of the molecule is COCC1CCN(CC[C@@]2(COc3nc(N4CC5CC[C@@](C)(C4)N5)c4cc(F)c(-c5cc(O)cc6cccc(Cl)c56)c(F)c4n3)CC2(F)F)C1. The van der Waals surface area contributed by atoms with E-state index in [-0.39, 0.29) is 70.1 Å². The summed E-state index contributed by atoms with van der Waals surface area (Å²) in [5.74, 6) is -4.30. The summed E-state index contributed by atoms with van der Waals surface area (Å²) >= 11 is 6.53. The van der Waals surface area contributed by atoms with Crippen molar-refractivity contribution in [1.29, 1.82) is 0 Å². The van der Waals surface area contributed by atoms with Gasteiger partial charge in [0.2, 0.25) is 0 Å². The second kappa shape index (κ2) is 12.4. The van der Waals surface area contributed by atoms with Gasteiger partial charge in [-0.2, -0.15) is 9.97 Å². The van der Waals surface area contributed by atoms with E-state index < -0.39 is 28.5 Å². The number of aromatic nitrogens is 2. The summed E-state index contributed by atoms with van der Waals surface area (Å²) in [6, 6.07) is 8.84. The number of nitrogens with one attached hydrogen (secondary N) is 1. The number of ether oxygens (including phenoxy) is 2. The molecular weight excluding hydrogens is 674 g/mol. The van der Waals surface area contributed by atoms with E-state index in [0.29, 0.717) is 42.9 Å². The van der Waals surface area contributed by atoms with E-state index in [1.165, 1.54) is 18.2 Å². The van der Waals surface area contributed by atoms with Gasteiger partial charge < -0.3 is 29.7 Å². The second-order valence-electron chi connectivity index (χ2n) is 15.0. The van der Waals surface area contributed by atoms with E-state index in [9.17, 15) is 5.11 Å². The molecule has 1 aromatic heterocycles. The van der Waals surface area contributed by atoms with Crippen LogP contribution in [0.15, 0.2) is 36.4 Å². The molecule has 3 aromatic carbocycles. The van der Waals surface area contributed by atoms with E-state index in [0.717, 1.165) is 32.4 Å². The third kappa shape index (κ3) is 5.91. The first-order valence-corrected chi connectivity index (χ1v) is 17.6. The van der Waals surface area contributed by atoms with Crippen LogP contribution in [0.2, 0.25) is 5.02 Å². The fourth-order valence-corrected chi connectivity index (χ4v) is 8.81. The standard InChI is InChI=1S/C37H40ClF4N5O3/c1-35-8-6-23(45-35)16-47(19-35)33-26-14-28(39)30(25-13-24(48)12-22-4-3-5-27(38)29(22)25)31(40)32(26)43-34(44-33)50-20-36(18-37(36,41)42)9-11-46-10-7-21(15-46)17-49-2/h3-5,12-14,21,23,45,48H,6-11,15-20H2,1-2H3/t21?,23?,35-,36-/m0/s1. The van der Waals surface area contributed by atoms with Crippen molar-refractivity contribution >= 4 is 39.1 Å². The number of aromatic hydroxyl groups is 1. The first-order valence-electron chi connectivity index (χ1n) is 17.2. The van der Waals surface area contributed by atoms with Crippen LogP contribution in [0.5, 0.6) is 11.8 Å². The molecule has 3 aliphatic heterocycles. The van der Waals surface area contributed by atoms with Gasteiger partial charge in [-0.25, -0.2) is 17.6 Å². The van der Waals surface area contributed by atoms with Crippen LogP contribution in [0.1, 0.15) is 39.0 Å². The number of fused-ring (bicyclic) bond motifs is 4. The molecule has 3 saturated heterocycles. The molecule has 4 aliphatic rings. The maximum Gasteiger partial charge on any atom is 0.319 e. The largest absolute Gasteiger partial charge is 0.508 e. The Balaban J connectivity index is 1.18. The minimum Gasteiger partial charge on any atom is -0.508 e. The number of phenolic OH excluding ortho intramolecular Hbond substituents is 1. The molecule has 8 rings (SSSR count). The van der Waals surface area contributed by atoms with Crippen molar-refractivity contribution in [3.8, 4) is 22.9 Å². The van der Waals surface area contributed by atoms with Crippen LogP contribution in [0, 0.1) is 23.0 Å². The van der Waals surface area contributed by atoms with Crippen LogP contribution in [0.25, 0.3) is 32.8 Å². The highest BCUT2D eigenvalue weighted by Gasteiger charge is 2.71. The molecule has 2 N–H and O–H groups in total. The number of phenols is 1. The average molecular weight is 714 g/mol. The first kappa shape index (κ1) is 33.7. The molecule has 4 atom stereocenters. The molecule has 0 amide bonds. The van der Waals surface area contributed by atoms with Gasteiger partial charge in [0.15, 0.2) is 5.82 Å². The number of rotatable bonds is 10. The molecule has 2 bridgehead atoms. The molecule has 2 unspecified atom stereocenters. The van der Waals surface area contributed by atoms with Crippen LogP contribution in [-0.4, -0.2) is 90.5 Å². The summed E-state index contributed by atoms with van der Waals surface area (Å²) in [7, 11) is 1.67. The van der Waals surface area contributed by atoms with Crippen LogP contribution >= 0.6 is 11.6 Å². The predicted octanol–water partition coefficient (Wildman–Crippen LogP) is 7.18. The van der Waals surface area contributed by atoms with Crippen molar-refractivity contribution in [2.45, 2.75) is 56.5 Å². The Morgan fingerprint density at radius 1 is 1.12 bits per heavy atom. The highest BCUT2D eigenvalue weighted by atomic mass is 35.5. The molecule has 8 nitrogen and oxygen atoms in total. The minimum absolute atomic E-state index is 0.0593. The highest BCUT2D eigenvalue weighted by Crippen LogP contribution is 2.62. The number of hydrogen-bond donors (Lipinski definition) is 2. The van der Waals surface area contributed by atoms with Gasteiger partial charge in [-0.05, 0) is 81.3 Å². The van der Waals surface area contributed by atoms with E-state index >= 15 is 17.6 Å². The molecule has 4 fully saturated rings. The number of alkyl halides is 2. The van der Waals surface area contributed by atoms with Crippen LogP contribution < -0.4 is 15.0 Å². The van der Waals surface area contributed by atoms with Gasteiger partial charge in [-0.15, -0.1) is 0 Å². The lowest BCUT2D eigenvalue weighted by Gasteiger charge is -2.40. The number of piperazine rings is 1. The van der Waals surface area contributed by atoms with Crippen molar-refractivity contribution in [3.63, 3.8) is 0 Å². The Bertz CT molecular complexity index is 1990. The molecule has 0 spiro atoms. The molecule has 4 aromatic rings. The van der Waals surface area contributed by atoms with Gasteiger partial charge in [-0.3, -0.25) is 0 Å². The van der Waals surface area contributed by atoms with Gasteiger partial charge in [0, 0.05) is 66.1 Å². The topological polar surface area (TPSA) is 83.0 Å². The lowest BCUT2D eigenvalue weighted by molar-refractivity contribution is 0.0322. The number of methoxy groups -OCH3 is 1. The van der Waals surface area contributed by atoms with Crippen LogP contribution in [0.3, 0.4) is 0 Å². The smallest absolute Gasteiger partial charge is 0.319 e. The molecule has 13 heteroatoms. The van der Waals surface area contributed by atoms with Crippen LogP contribution in [-0.2, 0) is 4.74 Å². The van der Waals surface area contributed by atoms with Crippen molar-refractivity contribution in [3.05, 3.63) is 53.1 Å². The number of likely N-dealkylation sites (tertiary alicyclic amines) is 1. The quantitative estimate of drug-likeness (QED) is 0.167. The Hall–Kier alpha value is -3.45. The number of benzene rings is 3. The maximum absolute atomic E-state index is 16.9. The fourth-order valence-electron chi connectivity index (χ4n) is 8.52. The van der Waals surface area contributed by atoms with Crippen LogP contribution in [0.4, 0.5) is 23.4 Å². The summed E-state index contributed by atoms with van der Waals surface area (Å²) in [5, 5.41) is 15.4. The molecule has 266 valence electrons. The summed E-state index contributed by atoms with van der Waals surface area (Å²) < 4.78 is 74.5. The third-order valence-corrected chi connectivity index (χ3v) is 11.6. The number of halogens is 5. The van der Waals surface area contributed by atoms with Gasteiger partial charge in [0.25, 0.3) is 5.92 Å². The summed E-state index contributed by atoms with van der Waals surface area (Å²) in [4.78, 5) is 13.2. The average Bonchev–Trinajstić information content (AvgIpc) is 3.29. The zero-order valence-electron chi connectivity index (χ0n) is 28.0. The summed E-state index contributed by atoms with van der Waals surface area (Å²) in [6.45, 7) is 5.60. The summed E-state index contributed by atoms with van der Waals surface area (Å²) in [6.07, 6.45) is 2.75. The lowest BCUT2D eigenvalue weighted by atomic mass is 9.95. The molecule has 1 saturated carbocycles. The van der Waals surface area contributed by atoms with Crippen molar-refractivity contribution < 1.29 is 32.1 Å². The minimum atomic E-state index is -2.91. The fraction of sp³-hybridized carbons (Fsp3) is 0.514. The number of hydrogen-bond acceptors (Lipinski definition) is 8.